The lowest BCUT2D eigenvalue weighted by atomic mass is 9.77. The van der Waals surface area contributed by atoms with Crippen LogP contribution in [0, 0.1) is 5.82 Å². The smallest absolute Gasteiger partial charge is 0.472 e. The Morgan fingerprint density at radius 2 is 1.81 bits per heavy atom. The van der Waals surface area contributed by atoms with Gasteiger partial charge in [0.2, 0.25) is 5.95 Å². The highest BCUT2D eigenvalue weighted by molar-refractivity contribution is 5.75. The summed E-state index contributed by atoms with van der Waals surface area (Å²) in [5, 5.41) is 6.16. The fourth-order valence-corrected chi connectivity index (χ4v) is 4.79. The van der Waals surface area contributed by atoms with Crippen LogP contribution < -0.4 is 15.4 Å². The number of piperidine rings is 1. The van der Waals surface area contributed by atoms with Crippen molar-refractivity contribution < 1.29 is 26.7 Å². The summed E-state index contributed by atoms with van der Waals surface area (Å²) in [7, 11) is 2.09. The average Bonchev–Trinajstić information content (AvgIpc) is 3.29. The van der Waals surface area contributed by atoms with E-state index < -0.39 is 12.2 Å². The summed E-state index contributed by atoms with van der Waals surface area (Å²) in [5.41, 5.74) is 0.733. The third-order valence-electron chi connectivity index (χ3n) is 6.69. The molecule has 7 nitrogen and oxygen atoms in total. The fraction of sp³-hybridized carbons (Fsp3) is 0.440. The molecular weight excluding hydrogens is 478 g/mol. The topological polar surface area (TPSA) is 75.5 Å². The average molecular weight is 508 g/mol. The standard InChI is InChI=1S/C25H29F4N5O2/c1-23(2)11-17(12-24(3,4)34(23)5)31-21-19(26)13-30-22(33-21)32-16-6-7-20(36-25(27,28)29)18(10-16)15-8-9-35-14-15/h6-10,13-14,17H,11-12H2,1-5H3,(H2,30,31,32,33). The second kappa shape index (κ2) is 9.27. The molecule has 36 heavy (non-hydrogen) atoms. The van der Waals surface area contributed by atoms with Crippen molar-refractivity contribution in [1.82, 2.24) is 14.9 Å². The number of hydrogen-bond acceptors (Lipinski definition) is 7. The largest absolute Gasteiger partial charge is 0.573 e. The zero-order valence-electron chi connectivity index (χ0n) is 20.7. The van der Waals surface area contributed by atoms with E-state index in [-0.39, 0.29) is 40.2 Å². The molecule has 3 heterocycles. The number of aromatic nitrogens is 2. The molecule has 2 N–H and O–H groups in total. The highest BCUT2D eigenvalue weighted by Gasteiger charge is 2.43. The molecule has 1 aromatic carbocycles. The summed E-state index contributed by atoms with van der Waals surface area (Å²) in [6.45, 7) is 8.59. The van der Waals surface area contributed by atoms with Gasteiger partial charge in [0, 0.05) is 33.9 Å². The Balaban J connectivity index is 1.57. The summed E-state index contributed by atoms with van der Waals surface area (Å²) in [4.78, 5) is 10.6. The maximum atomic E-state index is 14.6. The number of nitrogens with zero attached hydrogens (tertiary/aromatic N) is 3. The number of nitrogens with one attached hydrogen (secondary N) is 2. The van der Waals surface area contributed by atoms with Crippen LogP contribution in [0.1, 0.15) is 40.5 Å². The van der Waals surface area contributed by atoms with Crippen LogP contribution in [0.25, 0.3) is 11.1 Å². The summed E-state index contributed by atoms with van der Waals surface area (Å²) in [6, 6.07) is 5.53. The minimum atomic E-state index is -4.86. The van der Waals surface area contributed by atoms with Crippen molar-refractivity contribution in [3.63, 3.8) is 0 Å². The lowest BCUT2D eigenvalue weighted by molar-refractivity contribution is -0.274. The van der Waals surface area contributed by atoms with Crippen molar-refractivity contribution in [1.29, 1.82) is 0 Å². The molecule has 3 aromatic rings. The van der Waals surface area contributed by atoms with E-state index in [1.165, 1.54) is 36.8 Å². The molecule has 0 aliphatic carbocycles. The van der Waals surface area contributed by atoms with E-state index in [4.69, 9.17) is 4.42 Å². The van der Waals surface area contributed by atoms with E-state index in [0.29, 0.717) is 11.3 Å². The highest BCUT2D eigenvalue weighted by Crippen LogP contribution is 2.39. The van der Waals surface area contributed by atoms with Crippen LogP contribution in [0.2, 0.25) is 0 Å². The molecule has 0 atom stereocenters. The molecule has 194 valence electrons. The SMILES string of the molecule is CN1C(C)(C)CC(Nc2nc(Nc3ccc(OC(F)(F)F)c(-c4ccoc4)c3)ncc2F)CC1(C)C. The Labute approximate surface area is 206 Å². The zero-order chi connectivity index (χ0) is 26.3. The molecule has 0 bridgehead atoms. The van der Waals surface area contributed by atoms with Crippen molar-refractivity contribution in [2.24, 2.45) is 0 Å². The molecule has 1 aliphatic rings. The van der Waals surface area contributed by atoms with Crippen LogP contribution in [-0.2, 0) is 0 Å². The quantitative estimate of drug-likeness (QED) is 0.365. The molecule has 1 saturated heterocycles. The number of likely N-dealkylation sites (tertiary alicyclic amines) is 1. The molecule has 11 heteroatoms. The van der Waals surface area contributed by atoms with Crippen LogP contribution in [0.15, 0.2) is 47.4 Å². The highest BCUT2D eigenvalue weighted by atomic mass is 19.4. The molecular formula is C25H29F4N5O2. The van der Waals surface area contributed by atoms with Crippen molar-refractivity contribution >= 4 is 17.5 Å². The van der Waals surface area contributed by atoms with Gasteiger partial charge < -0.3 is 19.8 Å². The molecule has 1 aliphatic heterocycles. The van der Waals surface area contributed by atoms with Crippen molar-refractivity contribution in [3.05, 3.63) is 48.8 Å². The van der Waals surface area contributed by atoms with E-state index in [2.05, 4.69) is 65.0 Å². The van der Waals surface area contributed by atoms with E-state index in [1.807, 2.05) is 0 Å². The van der Waals surface area contributed by atoms with Crippen LogP contribution in [0.3, 0.4) is 0 Å². The fourth-order valence-electron chi connectivity index (χ4n) is 4.79. The first-order valence-corrected chi connectivity index (χ1v) is 11.5. The lowest BCUT2D eigenvalue weighted by Gasteiger charge is -2.53. The molecule has 4 rings (SSSR count). The predicted octanol–water partition coefficient (Wildman–Crippen LogP) is 6.58. The Bertz CT molecular complexity index is 1190. The number of benzene rings is 1. The number of halogens is 4. The van der Waals surface area contributed by atoms with Gasteiger partial charge in [0.15, 0.2) is 11.6 Å². The number of rotatable bonds is 6. The second-order valence-electron chi connectivity index (χ2n) is 10.2. The van der Waals surface area contributed by atoms with E-state index >= 15 is 0 Å². The van der Waals surface area contributed by atoms with Crippen molar-refractivity contribution in [3.8, 4) is 16.9 Å². The molecule has 0 spiro atoms. The molecule has 0 radical (unpaired) electrons. The Hall–Kier alpha value is -3.34. The first kappa shape index (κ1) is 25.7. The number of furan rings is 1. The maximum absolute atomic E-state index is 14.6. The van der Waals surface area contributed by atoms with E-state index in [9.17, 15) is 17.6 Å². The third-order valence-corrected chi connectivity index (χ3v) is 6.69. The minimum absolute atomic E-state index is 0.0186. The van der Waals surface area contributed by atoms with Gasteiger partial charge in [0.25, 0.3) is 0 Å². The second-order valence-corrected chi connectivity index (χ2v) is 10.2. The normalized spacial score (nSPS) is 18.1. The van der Waals surface area contributed by atoms with Gasteiger partial charge in [-0.3, -0.25) is 4.90 Å². The van der Waals surface area contributed by atoms with Gasteiger partial charge in [0.05, 0.1) is 18.7 Å². The van der Waals surface area contributed by atoms with Crippen molar-refractivity contribution in [2.75, 3.05) is 17.7 Å². The maximum Gasteiger partial charge on any atom is 0.573 e. The van der Waals surface area contributed by atoms with Crippen molar-refractivity contribution in [2.45, 2.75) is 64.0 Å². The number of alkyl halides is 3. The molecule has 0 amide bonds. The first-order chi connectivity index (χ1) is 16.7. The molecule has 0 saturated carbocycles. The van der Waals surface area contributed by atoms with Crippen LogP contribution in [-0.4, -0.2) is 45.4 Å². The number of ether oxygens (including phenoxy) is 1. The number of anilines is 3. The Morgan fingerprint density at radius 3 is 2.42 bits per heavy atom. The predicted molar refractivity (Wildman–Crippen MR) is 129 cm³/mol. The van der Waals surface area contributed by atoms with Crippen LogP contribution >= 0.6 is 0 Å². The lowest BCUT2D eigenvalue weighted by Crippen LogP contribution is -2.61. The summed E-state index contributed by atoms with van der Waals surface area (Å²) in [6.07, 6.45) is 0.427. The summed E-state index contributed by atoms with van der Waals surface area (Å²) >= 11 is 0. The first-order valence-electron chi connectivity index (χ1n) is 11.5. The zero-order valence-corrected chi connectivity index (χ0v) is 20.7. The van der Waals surface area contributed by atoms with Gasteiger partial charge >= 0.3 is 6.36 Å². The van der Waals surface area contributed by atoms with Gasteiger partial charge in [-0.05, 0) is 71.8 Å². The van der Waals surface area contributed by atoms with E-state index in [1.54, 1.807) is 0 Å². The van der Waals surface area contributed by atoms with Crippen LogP contribution in [0.5, 0.6) is 5.75 Å². The Morgan fingerprint density at radius 1 is 1.11 bits per heavy atom. The third kappa shape index (κ3) is 5.72. The summed E-state index contributed by atoms with van der Waals surface area (Å²) in [5.74, 6) is -0.832. The van der Waals surface area contributed by atoms with Gasteiger partial charge in [-0.2, -0.15) is 4.98 Å². The Kier molecular flexibility index (Phi) is 6.63. The van der Waals surface area contributed by atoms with Gasteiger partial charge in [-0.15, -0.1) is 13.2 Å². The summed E-state index contributed by atoms with van der Waals surface area (Å²) < 4.78 is 62.4. The molecule has 1 fully saturated rings. The number of hydrogen-bond donors (Lipinski definition) is 2. The molecule has 0 unspecified atom stereocenters. The minimum Gasteiger partial charge on any atom is -0.472 e. The van der Waals surface area contributed by atoms with Crippen LogP contribution in [0.4, 0.5) is 35.0 Å². The molecule has 2 aromatic heterocycles. The van der Waals surface area contributed by atoms with Gasteiger partial charge in [-0.1, -0.05) is 0 Å². The van der Waals surface area contributed by atoms with Gasteiger partial charge in [0.1, 0.15) is 5.75 Å². The van der Waals surface area contributed by atoms with E-state index in [0.717, 1.165) is 19.0 Å². The monoisotopic (exact) mass is 507 g/mol. The van der Waals surface area contributed by atoms with Gasteiger partial charge in [-0.25, -0.2) is 9.37 Å².